The molecule has 138 valence electrons. The lowest BCUT2D eigenvalue weighted by atomic mass is 9.98. The van der Waals surface area contributed by atoms with Crippen LogP contribution >= 0.6 is 24.8 Å². The molecule has 0 amide bonds. The Morgan fingerprint density at radius 1 is 0.731 bits per heavy atom. The van der Waals surface area contributed by atoms with Crippen LogP contribution in [0, 0.1) is 0 Å². The summed E-state index contributed by atoms with van der Waals surface area (Å²) in [6.07, 6.45) is 0. The number of rotatable bonds is 5. The monoisotopic (exact) mass is 392 g/mol. The molecule has 0 radical (unpaired) electrons. The number of hydrogen-bond donors (Lipinski definition) is 1. The van der Waals surface area contributed by atoms with Gasteiger partial charge in [-0.05, 0) is 48.0 Å². The van der Waals surface area contributed by atoms with E-state index in [4.69, 9.17) is 20.2 Å². The quantitative estimate of drug-likeness (QED) is 0.681. The van der Waals surface area contributed by atoms with Crippen molar-refractivity contribution in [1.82, 2.24) is 4.98 Å². The van der Waals surface area contributed by atoms with Crippen LogP contribution in [0.25, 0.3) is 22.4 Å². The Bertz CT molecular complexity index is 822. The van der Waals surface area contributed by atoms with Crippen molar-refractivity contribution in [3.05, 3.63) is 66.4 Å². The van der Waals surface area contributed by atoms with Gasteiger partial charge in [-0.1, -0.05) is 18.2 Å². The molecule has 0 bridgehead atoms. The molecule has 0 saturated heterocycles. The molecule has 0 aliphatic carbocycles. The van der Waals surface area contributed by atoms with Gasteiger partial charge >= 0.3 is 0 Å². The van der Waals surface area contributed by atoms with Crippen LogP contribution in [-0.2, 0) is 6.54 Å². The van der Waals surface area contributed by atoms with Gasteiger partial charge in [0.05, 0.1) is 25.6 Å². The topological polar surface area (TPSA) is 57.4 Å². The molecule has 3 aromatic rings. The Hall–Kier alpha value is -2.27. The number of benzene rings is 2. The highest BCUT2D eigenvalue weighted by Crippen LogP contribution is 2.32. The number of nitrogens with zero attached hydrogens (tertiary/aromatic N) is 1. The number of pyridine rings is 1. The summed E-state index contributed by atoms with van der Waals surface area (Å²) in [7, 11) is 3.32. The molecule has 0 saturated carbocycles. The van der Waals surface area contributed by atoms with Crippen molar-refractivity contribution in [2.24, 2.45) is 5.73 Å². The van der Waals surface area contributed by atoms with Crippen LogP contribution in [0.15, 0.2) is 60.7 Å². The highest BCUT2D eigenvalue weighted by molar-refractivity contribution is 5.85. The van der Waals surface area contributed by atoms with Crippen LogP contribution in [0.1, 0.15) is 5.69 Å². The number of aromatic nitrogens is 1. The summed E-state index contributed by atoms with van der Waals surface area (Å²) in [4.78, 5) is 4.74. The first-order valence-electron chi connectivity index (χ1n) is 7.74. The van der Waals surface area contributed by atoms with Crippen molar-refractivity contribution < 1.29 is 9.47 Å². The van der Waals surface area contributed by atoms with E-state index in [1.165, 1.54) is 0 Å². The van der Waals surface area contributed by atoms with Gasteiger partial charge in [-0.25, -0.2) is 0 Å². The third kappa shape index (κ3) is 4.67. The van der Waals surface area contributed by atoms with E-state index in [1.807, 2.05) is 54.6 Å². The van der Waals surface area contributed by atoms with Crippen molar-refractivity contribution in [3.8, 4) is 33.9 Å². The zero-order chi connectivity index (χ0) is 16.9. The molecule has 26 heavy (non-hydrogen) atoms. The van der Waals surface area contributed by atoms with Crippen LogP contribution in [-0.4, -0.2) is 19.2 Å². The van der Waals surface area contributed by atoms with Gasteiger partial charge in [0.15, 0.2) is 0 Å². The molecule has 1 heterocycles. The summed E-state index contributed by atoms with van der Waals surface area (Å²) in [6, 6.07) is 19.9. The zero-order valence-electron chi connectivity index (χ0n) is 14.6. The summed E-state index contributed by atoms with van der Waals surface area (Å²) in [5.74, 6) is 1.65. The van der Waals surface area contributed by atoms with E-state index < -0.39 is 0 Å². The van der Waals surface area contributed by atoms with Gasteiger partial charge in [-0.15, -0.1) is 24.8 Å². The molecular weight excluding hydrogens is 371 g/mol. The van der Waals surface area contributed by atoms with E-state index in [0.717, 1.165) is 39.6 Å². The number of nitrogens with two attached hydrogens (primary N) is 1. The summed E-state index contributed by atoms with van der Waals surface area (Å²) in [5.41, 5.74) is 10.7. The molecule has 0 spiro atoms. The normalized spacial score (nSPS) is 9.65. The largest absolute Gasteiger partial charge is 0.497 e. The number of halogens is 2. The standard InChI is InChI=1S/C20H20N2O2.2ClH/c1-23-17-8-3-14(4-9-17)19-12-7-16(13-21)22-20(19)15-5-10-18(24-2)11-6-15;;/h3-12H,13,21H2,1-2H3;2*1H. The predicted octanol–water partition coefficient (Wildman–Crippen LogP) is 4.74. The van der Waals surface area contributed by atoms with Crippen molar-refractivity contribution in [3.63, 3.8) is 0 Å². The number of methoxy groups -OCH3 is 2. The summed E-state index contributed by atoms with van der Waals surface area (Å²) >= 11 is 0. The average molecular weight is 393 g/mol. The van der Waals surface area contributed by atoms with Crippen molar-refractivity contribution in [1.29, 1.82) is 0 Å². The fraction of sp³-hybridized carbons (Fsp3) is 0.150. The van der Waals surface area contributed by atoms with Crippen molar-refractivity contribution in [2.45, 2.75) is 6.54 Å². The van der Waals surface area contributed by atoms with Gasteiger partial charge in [-0.3, -0.25) is 4.98 Å². The van der Waals surface area contributed by atoms with Gasteiger partial charge in [-0.2, -0.15) is 0 Å². The van der Waals surface area contributed by atoms with E-state index in [9.17, 15) is 0 Å². The highest BCUT2D eigenvalue weighted by atomic mass is 35.5. The molecule has 6 heteroatoms. The molecular formula is C20H22Cl2N2O2. The molecule has 2 N–H and O–H groups in total. The average Bonchev–Trinajstić information content (AvgIpc) is 2.67. The third-order valence-electron chi connectivity index (χ3n) is 3.93. The maximum Gasteiger partial charge on any atom is 0.118 e. The SMILES string of the molecule is COc1ccc(-c2ccc(CN)nc2-c2ccc(OC)cc2)cc1.Cl.Cl. The fourth-order valence-electron chi connectivity index (χ4n) is 2.59. The minimum atomic E-state index is 0. The lowest BCUT2D eigenvalue weighted by molar-refractivity contribution is 0.414. The second-order valence-corrected chi connectivity index (χ2v) is 5.36. The van der Waals surface area contributed by atoms with Crippen molar-refractivity contribution in [2.75, 3.05) is 14.2 Å². The van der Waals surface area contributed by atoms with Crippen molar-refractivity contribution >= 4 is 24.8 Å². The zero-order valence-corrected chi connectivity index (χ0v) is 16.3. The highest BCUT2D eigenvalue weighted by Gasteiger charge is 2.11. The Labute approximate surface area is 166 Å². The molecule has 4 nitrogen and oxygen atoms in total. The van der Waals surface area contributed by atoms with E-state index >= 15 is 0 Å². The number of hydrogen-bond acceptors (Lipinski definition) is 4. The van der Waals surface area contributed by atoms with Crippen LogP contribution in [0.3, 0.4) is 0 Å². The molecule has 2 aromatic carbocycles. The van der Waals surface area contributed by atoms with Crippen LogP contribution in [0.4, 0.5) is 0 Å². The van der Waals surface area contributed by atoms with E-state index in [-0.39, 0.29) is 24.8 Å². The van der Waals surface area contributed by atoms with Gasteiger partial charge < -0.3 is 15.2 Å². The maximum atomic E-state index is 5.77. The molecule has 3 rings (SSSR count). The summed E-state index contributed by atoms with van der Waals surface area (Å²) in [5, 5.41) is 0. The minimum absolute atomic E-state index is 0. The maximum absolute atomic E-state index is 5.77. The Morgan fingerprint density at radius 2 is 1.23 bits per heavy atom. The first-order valence-corrected chi connectivity index (χ1v) is 7.74. The van der Waals surface area contributed by atoms with E-state index in [0.29, 0.717) is 6.54 Å². The molecule has 0 aliphatic heterocycles. The summed E-state index contributed by atoms with van der Waals surface area (Å²) in [6.45, 7) is 0.409. The van der Waals surface area contributed by atoms with Crippen LogP contribution in [0.5, 0.6) is 11.5 Å². The van der Waals surface area contributed by atoms with Gasteiger partial charge in [0.2, 0.25) is 0 Å². The fourth-order valence-corrected chi connectivity index (χ4v) is 2.59. The minimum Gasteiger partial charge on any atom is -0.497 e. The lowest BCUT2D eigenvalue weighted by Gasteiger charge is -2.12. The third-order valence-corrected chi connectivity index (χ3v) is 3.93. The number of ether oxygens (including phenoxy) is 2. The van der Waals surface area contributed by atoms with Crippen LogP contribution in [0.2, 0.25) is 0 Å². The van der Waals surface area contributed by atoms with E-state index in [1.54, 1.807) is 14.2 Å². The first-order chi connectivity index (χ1) is 11.7. The molecule has 1 aromatic heterocycles. The molecule has 0 fully saturated rings. The predicted molar refractivity (Wildman–Crippen MR) is 111 cm³/mol. The first kappa shape index (κ1) is 21.8. The van der Waals surface area contributed by atoms with Gasteiger partial charge in [0.25, 0.3) is 0 Å². The second kappa shape index (κ2) is 10.0. The Morgan fingerprint density at radius 3 is 1.69 bits per heavy atom. The summed E-state index contributed by atoms with van der Waals surface area (Å²) < 4.78 is 10.5. The smallest absolute Gasteiger partial charge is 0.118 e. The Balaban J connectivity index is 0.00000169. The molecule has 0 unspecified atom stereocenters. The van der Waals surface area contributed by atoms with E-state index in [2.05, 4.69) is 6.07 Å². The lowest BCUT2D eigenvalue weighted by Crippen LogP contribution is -2.01. The van der Waals surface area contributed by atoms with Gasteiger partial charge in [0, 0.05) is 17.7 Å². The Kier molecular flexibility index (Phi) is 8.39. The second-order valence-electron chi connectivity index (χ2n) is 5.36. The van der Waals surface area contributed by atoms with Gasteiger partial charge in [0.1, 0.15) is 11.5 Å². The molecule has 0 atom stereocenters. The molecule has 0 aliphatic rings. The van der Waals surface area contributed by atoms with Crippen LogP contribution < -0.4 is 15.2 Å².